The number of thiocarbonyl (C=S) groups is 1. The molecule has 0 unspecified atom stereocenters. The van der Waals surface area contributed by atoms with Gasteiger partial charge in [0.25, 0.3) is 5.91 Å². The minimum atomic E-state index is -0.704. The molecule has 142 valence electrons. The number of aromatic nitrogens is 2. The lowest BCUT2D eigenvalue weighted by molar-refractivity contribution is 0.0936. The van der Waals surface area contributed by atoms with Gasteiger partial charge in [-0.15, -0.1) is 0 Å². The molecule has 0 aliphatic rings. The van der Waals surface area contributed by atoms with Crippen molar-refractivity contribution in [3.8, 4) is 5.69 Å². The van der Waals surface area contributed by atoms with Crippen LogP contribution >= 0.6 is 23.8 Å². The van der Waals surface area contributed by atoms with Crippen LogP contribution in [0.25, 0.3) is 5.69 Å². The van der Waals surface area contributed by atoms with Gasteiger partial charge in [-0.05, 0) is 49.5 Å². The van der Waals surface area contributed by atoms with Crippen molar-refractivity contribution in [2.75, 3.05) is 5.32 Å². The van der Waals surface area contributed by atoms with Crippen molar-refractivity contribution in [1.82, 2.24) is 20.6 Å². The van der Waals surface area contributed by atoms with Crippen LogP contribution in [0.5, 0.6) is 0 Å². The highest BCUT2D eigenvalue weighted by atomic mass is 35.5. The number of carbonyl (C=O) groups excluding carboxylic acids is 1. The van der Waals surface area contributed by atoms with Gasteiger partial charge in [0.15, 0.2) is 10.8 Å². The first kappa shape index (κ1) is 19.5. The predicted octanol–water partition coefficient (Wildman–Crippen LogP) is 2.83. The molecule has 9 heteroatoms. The molecule has 1 amide bonds. The Morgan fingerprint density at radius 1 is 1.07 bits per heavy atom. The second kappa shape index (κ2) is 8.64. The molecule has 3 rings (SSSR count). The lowest BCUT2D eigenvalue weighted by Gasteiger charge is -2.13. The van der Waals surface area contributed by atoms with Crippen LogP contribution in [-0.4, -0.2) is 20.8 Å². The third-order valence-electron chi connectivity index (χ3n) is 3.70. The quantitative estimate of drug-likeness (QED) is 0.452. The Kier molecular flexibility index (Phi) is 6.03. The molecule has 28 heavy (non-hydrogen) atoms. The maximum atomic E-state index is 12.4. The maximum Gasteiger partial charge on any atom is 0.294 e. The highest BCUT2D eigenvalue weighted by Crippen LogP contribution is 2.14. The molecule has 0 saturated carbocycles. The summed E-state index contributed by atoms with van der Waals surface area (Å²) in [7, 11) is 0. The summed E-state index contributed by atoms with van der Waals surface area (Å²) in [5.41, 5.74) is 6.16. The Morgan fingerprint density at radius 3 is 2.54 bits per heavy atom. The van der Waals surface area contributed by atoms with Crippen LogP contribution in [0.3, 0.4) is 0 Å². The average molecular weight is 414 g/mol. The Labute approximate surface area is 171 Å². The number of hydrogen-bond acceptors (Lipinski definition) is 4. The Balaban J connectivity index is 1.72. The lowest BCUT2D eigenvalue weighted by atomic mass is 10.3. The van der Waals surface area contributed by atoms with Gasteiger partial charge in [-0.3, -0.25) is 20.4 Å². The van der Waals surface area contributed by atoms with E-state index in [4.69, 9.17) is 23.8 Å². The number of para-hydroxylation sites is 1. The van der Waals surface area contributed by atoms with Crippen LogP contribution in [0.15, 0.2) is 65.5 Å². The highest BCUT2D eigenvalue weighted by Gasteiger charge is 2.15. The Hall–Kier alpha value is -3.23. The van der Waals surface area contributed by atoms with Crippen molar-refractivity contribution in [3.05, 3.63) is 87.3 Å². The van der Waals surface area contributed by atoms with Gasteiger partial charge in [0.1, 0.15) is 0 Å². The number of benzene rings is 2. The molecule has 0 bridgehead atoms. The van der Waals surface area contributed by atoms with Gasteiger partial charge in [-0.2, -0.15) is 5.10 Å². The third-order valence-corrected chi connectivity index (χ3v) is 4.13. The summed E-state index contributed by atoms with van der Waals surface area (Å²) in [6, 6.07) is 17.5. The van der Waals surface area contributed by atoms with Crippen LogP contribution < -0.4 is 21.6 Å². The summed E-state index contributed by atoms with van der Waals surface area (Å²) in [4.78, 5) is 24.6. The van der Waals surface area contributed by atoms with Crippen molar-refractivity contribution in [2.45, 2.75) is 6.92 Å². The molecule has 3 N–H and O–H groups in total. The summed E-state index contributed by atoms with van der Waals surface area (Å²) in [5.74, 6) is -0.704. The van der Waals surface area contributed by atoms with E-state index in [1.807, 2.05) is 30.3 Å². The molecule has 0 saturated heterocycles. The van der Waals surface area contributed by atoms with E-state index in [-0.39, 0.29) is 10.8 Å². The van der Waals surface area contributed by atoms with Gasteiger partial charge in [-0.1, -0.05) is 35.9 Å². The van der Waals surface area contributed by atoms with Crippen LogP contribution in [0.2, 0.25) is 5.02 Å². The van der Waals surface area contributed by atoms with Gasteiger partial charge in [0.2, 0.25) is 5.43 Å². The first-order valence-corrected chi connectivity index (χ1v) is 9.02. The third kappa shape index (κ3) is 4.73. The van der Waals surface area contributed by atoms with Crippen LogP contribution in [0.1, 0.15) is 16.2 Å². The normalized spacial score (nSPS) is 10.2. The fourth-order valence-electron chi connectivity index (χ4n) is 2.44. The van der Waals surface area contributed by atoms with E-state index in [9.17, 15) is 9.59 Å². The summed E-state index contributed by atoms with van der Waals surface area (Å²) >= 11 is 11.0. The first-order valence-electron chi connectivity index (χ1n) is 8.23. The summed E-state index contributed by atoms with van der Waals surface area (Å²) < 4.78 is 1.53. The number of amides is 1. The fraction of sp³-hybridized carbons (Fsp3) is 0.0526. The van der Waals surface area contributed by atoms with E-state index in [1.54, 1.807) is 31.2 Å². The predicted molar refractivity (Wildman–Crippen MR) is 113 cm³/mol. The zero-order valence-electron chi connectivity index (χ0n) is 14.8. The SMILES string of the molecule is Cc1cc(=O)c(C(=O)NNC(=S)Nc2cccc(Cl)c2)nn1-c1ccccc1. The lowest BCUT2D eigenvalue weighted by Crippen LogP contribution is -2.45. The standard InChI is InChI=1S/C19H16ClN5O2S/c1-12-10-16(26)17(24-25(12)15-8-3-2-4-9-15)18(27)22-23-19(28)21-14-7-5-6-13(20)11-14/h2-11H,1H3,(H,22,27)(H2,21,23,28). The number of aryl methyl sites for hydroxylation is 1. The van der Waals surface area contributed by atoms with E-state index in [0.717, 1.165) is 5.69 Å². The molecule has 0 fully saturated rings. The van der Waals surface area contributed by atoms with E-state index < -0.39 is 11.3 Å². The Bertz CT molecular complexity index is 1090. The molecule has 0 aliphatic carbocycles. The number of hydrogen-bond donors (Lipinski definition) is 3. The van der Waals surface area contributed by atoms with Gasteiger partial charge >= 0.3 is 0 Å². The summed E-state index contributed by atoms with van der Waals surface area (Å²) in [6.45, 7) is 1.74. The van der Waals surface area contributed by atoms with Crippen molar-refractivity contribution in [3.63, 3.8) is 0 Å². The Morgan fingerprint density at radius 2 is 1.82 bits per heavy atom. The van der Waals surface area contributed by atoms with Crippen molar-refractivity contribution in [2.24, 2.45) is 0 Å². The number of rotatable bonds is 3. The van der Waals surface area contributed by atoms with Gasteiger partial charge in [0, 0.05) is 22.5 Å². The molecular weight excluding hydrogens is 398 g/mol. The molecule has 2 aromatic carbocycles. The molecule has 1 heterocycles. The van der Waals surface area contributed by atoms with E-state index >= 15 is 0 Å². The number of nitrogens with one attached hydrogen (secondary N) is 3. The smallest absolute Gasteiger partial charge is 0.294 e. The topological polar surface area (TPSA) is 88.1 Å². The number of hydrazine groups is 1. The number of nitrogens with zero attached hydrogens (tertiary/aromatic N) is 2. The summed E-state index contributed by atoms with van der Waals surface area (Å²) in [5, 5.41) is 7.73. The van der Waals surface area contributed by atoms with Crippen LogP contribution in [-0.2, 0) is 0 Å². The molecule has 0 spiro atoms. The molecule has 1 aromatic heterocycles. The molecule has 3 aromatic rings. The minimum absolute atomic E-state index is 0.131. The number of halogens is 1. The van der Waals surface area contributed by atoms with E-state index in [0.29, 0.717) is 16.4 Å². The number of carbonyl (C=O) groups is 1. The van der Waals surface area contributed by atoms with Crippen molar-refractivity contribution in [1.29, 1.82) is 0 Å². The second-order valence-electron chi connectivity index (χ2n) is 5.79. The van der Waals surface area contributed by atoms with Crippen LogP contribution in [0.4, 0.5) is 5.69 Å². The highest BCUT2D eigenvalue weighted by molar-refractivity contribution is 7.80. The van der Waals surface area contributed by atoms with E-state index in [1.165, 1.54) is 10.7 Å². The van der Waals surface area contributed by atoms with Crippen molar-refractivity contribution >= 4 is 40.5 Å². The van der Waals surface area contributed by atoms with Gasteiger partial charge < -0.3 is 5.32 Å². The molecule has 7 nitrogen and oxygen atoms in total. The van der Waals surface area contributed by atoms with Crippen LogP contribution in [0, 0.1) is 6.92 Å². The number of anilines is 1. The zero-order valence-corrected chi connectivity index (χ0v) is 16.3. The zero-order chi connectivity index (χ0) is 20.1. The summed E-state index contributed by atoms with van der Waals surface area (Å²) in [6.07, 6.45) is 0. The molecule has 0 atom stereocenters. The van der Waals surface area contributed by atoms with Gasteiger partial charge in [0.05, 0.1) is 5.69 Å². The largest absolute Gasteiger partial charge is 0.331 e. The second-order valence-corrected chi connectivity index (χ2v) is 6.63. The van der Waals surface area contributed by atoms with Gasteiger partial charge in [-0.25, -0.2) is 4.68 Å². The fourth-order valence-corrected chi connectivity index (χ4v) is 2.80. The average Bonchev–Trinajstić information content (AvgIpc) is 2.67. The minimum Gasteiger partial charge on any atom is -0.331 e. The monoisotopic (exact) mass is 413 g/mol. The van der Waals surface area contributed by atoms with E-state index in [2.05, 4.69) is 21.3 Å². The first-order chi connectivity index (χ1) is 13.4. The van der Waals surface area contributed by atoms with Crippen molar-refractivity contribution < 1.29 is 4.79 Å². The molecule has 0 radical (unpaired) electrons. The molecule has 0 aliphatic heterocycles. The maximum absolute atomic E-state index is 12.4. The molecular formula is C19H16ClN5O2S.